The Hall–Kier alpha value is -3.84. The van der Waals surface area contributed by atoms with Crippen molar-refractivity contribution in [3.05, 3.63) is 101 Å². The molecule has 0 radical (unpaired) electrons. The number of para-hydroxylation sites is 1. The molecule has 1 N–H and O–H groups in total. The van der Waals surface area contributed by atoms with Gasteiger partial charge in [-0.2, -0.15) is 0 Å². The monoisotopic (exact) mass is 469 g/mol. The fourth-order valence-electron chi connectivity index (χ4n) is 6.02. The van der Waals surface area contributed by atoms with Crippen molar-refractivity contribution in [1.82, 2.24) is 10.2 Å². The van der Waals surface area contributed by atoms with E-state index in [-0.39, 0.29) is 42.7 Å². The fourth-order valence-corrected chi connectivity index (χ4v) is 6.02. The van der Waals surface area contributed by atoms with Gasteiger partial charge in [-0.15, -0.1) is 0 Å². The minimum atomic E-state index is -1.32. The highest BCUT2D eigenvalue weighted by Crippen LogP contribution is 2.54. The van der Waals surface area contributed by atoms with Crippen molar-refractivity contribution in [2.45, 2.75) is 31.6 Å². The number of nitrogens with zero attached hydrogens (tertiary/aromatic N) is 2. The third-order valence-electron chi connectivity index (χ3n) is 7.54. The molecule has 1 spiro atoms. The number of hydrogen-bond donors (Lipinski definition) is 1. The number of anilines is 1. The van der Waals surface area contributed by atoms with Crippen molar-refractivity contribution in [1.29, 1.82) is 0 Å². The first kappa shape index (κ1) is 21.7. The van der Waals surface area contributed by atoms with E-state index < -0.39 is 17.4 Å². The maximum Gasteiger partial charge on any atom is 0.253 e. The summed E-state index contributed by atoms with van der Waals surface area (Å²) in [6.07, 6.45) is 0. The van der Waals surface area contributed by atoms with E-state index in [0.29, 0.717) is 11.3 Å². The van der Waals surface area contributed by atoms with Gasteiger partial charge in [0.2, 0.25) is 11.8 Å². The number of carbonyl (C=O) groups is 3. The van der Waals surface area contributed by atoms with Crippen LogP contribution in [0.4, 0.5) is 10.1 Å². The summed E-state index contributed by atoms with van der Waals surface area (Å²) in [5, 5.41) is 3.39. The van der Waals surface area contributed by atoms with E-state index in [1.807, 2.05) is 61.5 Å². The van der Waals surface area contributed by atoms with Crippen LogP contribution in [-0.4, -0.2) is 28.7 Å². The number of carbonyl (C=O) groups excluding carboxylic acids is 3. The molecule has 4 atom stereocenters. The third kappa shape index (κ3) is 3.08. The van der Waals surface area contributed by atoms with E-state index in [9.17, 15) is 18.8 Å². The van der Waals surface area contributed by atoms with Crippen LogP contribution in [0, 0.1) is 17.7 Å². The van der Waals surface area contributed by atoms with Gasteiger partial charge >= 0.3 is 0 Å². The van der Waals surface area contributed by atoms with Gasteiger partial charge < -0.3 is 4.90 Å². The molecule has 0 aromatic heterocycles. The van der Waals surface area contributed by atoms with E-state index in [1.54, 1.807) is 17.0 Å². The predicted octanol–water partition coefficient (Wildman–Crippen LogP) is 3.36. The molecule has 2 fully saturated rings. The van der Waals surface area contributed by atoms with Gasteiger partial charge in [-0.1, -0.05) is 60.7 Å². The molecule has 0 unspecified atom stereocenters. The lowest BCUT2D eigenvalue weighted by molar-refractivity contribution is -0.143. The van der Waals surface area contributed by atoms with Gasteiger partial charge in [0.25, 0.3) is 5.91 Å². The molecule has 35 heavy (non-hydrogen) atoms. The molecule has 3 amide bonds. The number of likely N-dealkylation sites (tertiary alicyclic amines) is 1. The van der Waals surface area contributed by atoms with Gasteiger partial charge in [-0.25, -0.2) is 4.39 Å². The lowest BCUT2D eigenvalue weighted by atomic mass is 9.76. The zero-order valence-electron chi connectivity index (χ0n) is 19.1. The van der Waals surface area contributed by atoms with Crippen LogP contribution in [0.5, 0.6) is 0 Å². The second kappa shape index (κ2) is 7.85. The Morgan fingerprint density at radius 3 is 2.17 bits per heavy atom. The minimum absolute atomic E-state index is 0.184. The number of imide groups is 1. The van der Waals surface area contributed by atoms with E-state index >= 15 is 0 Å². The van der Waals surface area contributed by atoms with Crippen molar-refractivity contribution < 1.29 is 18.8 Å². The molecule has 3 aromatic rings. The van der Waals surface area contributed by atoms with E-state index in [4.69, 9.17) is 0 Å². The van der Waals surface area contributed by atoms with Crippen LogP contribution in [0.25, 0.3) is 0 Å². The van der Waals surface area contributed by atoms with Crippen LogP contribution in [0.3, 0.4) is 0 Å². The highest BCUT2D eigenvalue weighted by atomic mass is 19.1. The van der Waals surface area contributed by atoms with Crippen molar-refractivity contribution in [3.8, 4) is 0 Å². The first-order chi connectivity index (χ1) is 16.9. The molecule has 7 heteroatoms. The number of nitrogens with one attached hydrogen (secondary N) is 1. The zero-order valence-corrected chi connectivity index (χ0v) is 19.1. The molecule has 6 rings (SSSR count). The summed E-state index contributed by atoms with van der Waals surface area (Å²) < 4.78 is 13.5. The van der Waals surface area contributed by atoms with Crippen molar-refractivity contribution in [2.75, 3.05) is 4.90 Å². The first-order valence-corrected chi connectivity index (χ1v) is 11.7. The zero-order chi connectivity index (χ0) is 24.3. The maximum absolute atomic E-state index is 14.2. The quantitative estimate of drug-likeness (QED) is 0.595. The van der Waals surface area contributed by atoms with Crippen LogP contribution < -0.4 is 10.2 Å². The molecule has 3 heterocycles. The smallest absolute Gasteiger partial charge is 0.253 e. The summed E-state index contributed by atoms with van der Waals surface area (Å²) in [4.78, 5) is 44.4. The summed E-state index contributed by atoms with van der Waals surface area (Å²) in [5.41, 5.74) is 1.71. The maximum atomic E-state index is 14.2. The van der Waals surface area contributed by atoms with Gasteiger partial charge in [0.15, 0.2) is 0 Å². The van der Waals surface area contributed by atoms with Gasteiger partial charge in [-0.05, 0) is 36.2 Å². The van der Waals surface area contributed by atoms with E-state index in [0.717, 1.165) is 11.1 Å². The number of fused-ring (bicyclic) bond motifs is 4. The Morgan fingerprint density at radius 1 is 0.800 bits per heavy atom. The summed E-state index contributed by atoms with van der Waals surface area (Å²) in [5.74, 6) is -2.64. The van der Waals surface area contributed by atoms with Gasteiger partial charge in [0.1, 0.15) is 11.4 Å². The molecule has 0 saturated carbocycles. The Kier molecular flexibility index (Phi) is 4.86. The van der Waals surface area contributed by atoms with Crippen molar-refractivity contribution >= 4 is 23.4 Å². The molecule has 176 valence electrons. The molecule has 6 nitrogen and oxygen atoms in total. The second-order valence-corrected chi connectivity index (χ2v) is 9.53. The van der Waals surface area contributed by atoms with Crippen LogP contribution in [0.2, 0.25) is 0 Å². The molecule has 3 aliphatic rings. The number of hydrogen-bond acceptors (Lipinski definition) is 4. The lowest BCUT2D eigenvalue weighted by Crippen LogP contribution is -2.54. The van der Waals surface area contributed by atoms with Crippen LogP contribution >= 0.6 is 0 Å². The largest absolute Gasteiger partial charge is 0.306 e. The number of amides is 3. The Balaban J connectivity index is 1.41. The number of rotatable bonds is 4. The molecule has 3 aromatic carbocycles. The van der Waals surface area contributed by atoms with Gasteiger partial charge in [-0.3, -0.25) is 24.6 Å². The molecule has 0 aliphatic carbocycles. The minimum Gasteiger partial charge on any atom is -0.306 e. The number of halogens is 1. The summed E-state index contributed by atoms with van der Waals surface area (Å²) in [7, 11) is 0. The lowest BCUT2D eigenvalue weighted by Gasteiger charge is -2.30. The van der Waals surface area contributed by atoms with Crippen molar-refractivity contribution in [2.24, 2.45) is 11.8 Å². The predicted molar refractivity (Wildman–Crippen MR) is 127 cm³/mol. The summed E-state index contributed by atoms with van der Waals surface area (Å²) >= 11 is 0. The molecule has 2 saturated heterocycles. The highest BCUT2D eigenvalue weighted by Gasteiger charge is 2.70. The Labute approximate surface area is 202 Å². The van der Waals surface area contributed by atoms with Crippen molar-refractivity contribution in [3.63, 3.8) is 0 Å². The van der Waals surface area contributed by atoms with Crippen LogP contribution in [-0.2, 0) is 33.0 Å². The first-order valence-electron chi connectivity index (χ1n) is 11.7. The Morgan fingerprint density at radius 2 is 1.43 bits per heavy atom. The average Bonchev–Trinajstić information content (AvgIpc) is 3.40. The number of benzene rings is 3. The highest BCUT2D eigenvalue weighted by molar-refractivity contribution is 6.16. The fraction of sp³-hybridized carbons (Fsp3) is 0.250. The SMILES string of the molecule is C[C@@H]1N[C@]2(C(=O)N(Cc3ccc(F)cc3)c3ccccc32)[C@@H]2C(=O)N(Cc3ccccc3)C(=O)[C@H]12. The molecular weight excluding hydrogens is 445 g/mol. The van der Waals surface area contributed by atoms with Crippen LogP contribution in [0.1, 0.15) is 23.6 Å². The molecule has 3 aliphatic heterocycles. The van der Waals surface area contributed by atoms with E-state index in [1.165, 1.54) is 17.0 Å². The summed E-state index contributed by atoms with van der Waals surface area (Å²) in [6.45, 7) is 2.28. The van der Waals surface area contributed by atoms with Gasteiger partial charge in [0.05, 0.1) is 24.9 Å². The van der Waals surface area contributed by atoms with Crippen LogP contribution in [0.15, 0.2) is 78.9 Å². The molecular formula is C28H24FN3O3. The molecule has 0 bridgehead atoms. The third-order valence-corrected chi connectivity index (χ3v) is 7.54. The second-order valence-electron chi connectivity index (χ2n) is 9.53. The Bertz CT molecular complexity index is 1340. The normalized spacial score (nSPS) is 27.1. The standard InChI is InChI=1S/C28H24FN3O3/c1-17-23-24(26(34)32(25(23)33)16-18-7-3-2-4-8-18)28(30-17)21-9-5-6-10-22(21)31(27(28)35)15-19-11-13-20(29)14-12-19/h2-14,17,23-24,30H,15-16H2,1H3/t17-,23+,24-,28-/m0/s1. The topological polar surface area (TPSA) is 69.7 Å². The average molecular weight is 470 g/mol. The van der Waals surface area contributed by atoms with Gasteiger partial charge in [0, 0.05) is 17.3 Å². The summed E-state index contributed by atoms with van der Waals surface area (Å²) in [6, 6.07) is 22.5. The van der Waals surface area contributed by atoms with E-state index in [2.05, 4.69) is 5.32 Å².